The first-order valence-electron chi connectivity index (χ1n) is 7.91. The van der Waals surface area contributed by atoms with Crippen molar-refractivity contribution in [3.05, 3.63) is 40.6 Å². The summed E-state index contributed by atoms with van der Waals surface area (Å²) >= 11 is 0. The number of phenols is 2. The Balaban J connectivity index is 1.84. The van der Waals surface area contributed by atoms with Gasteiger partial charge in [-0.2, -0.15) is 0 Å². The van der Waals surface area contributed by atoms with Crippen LogP contribution < -0.4 is 9.47 Å². The molecule has 0 amide bonds. The first-order valence-corrected chi connectivity index (χ1v) is 7.91. The molecule has 25 heavy (non-hydrogen) atoms. The Morgan fingerprint density at radius 1 is 1.32 bits per heavy atom. The Kier molecular flexibility index (Phi) is 3.36. The van der Waals surface area contributed by atoms with Gasteiger partial charge < -0.3 is 24.8 Å². The van der Waals surface area contributed by atoms with Gasteiger partial charge in [0.25, 0.3) is 0 Å². The lowest BCUT2D eigenvalue weighted by atomic mass is 9.87. The fourth-order valence-corrected chi connectivity index (χ4v) is 3.73. The maximum Gasteiger partial charge on any atom is 0.225 e. The van der Waals surface area contributed by atoms with Crippen LogP contribution in [0.15, 0.2) is 23.3 Å². The van der Waals surface area contributed by atoms with Gasteiger partial charge in [0.05, 0.1) is 18.6 Å². The molecule has 1 aromatic heterocycles. The van der Waals surface area contributed by atoms with Crippen molar-refractivity contribution < 1.29 is 24.8 Å². The van der Waals surface area contributed by atoms with E-state index in [-0.39, 0.29) is 23.8 Å². The molecule has 0 radical (unpaired) electrons. The second-order valence-corrected chi connectivity index (χ2v) is 6.34. The fraction of sp³-hybridized carbons (Fsp3) is 0.333. The van der Waals surface area contributed by atoms with E-state index in [0.29, 0.717) is 23.6 Å². The molecule has 2 aliphatic rings. The number of hydrogen-bond acceptors (Lipinski definition) is 7. The zero-order valence-corrected chi connectivity index (χ0v) is 13.9. The van der Waals surface area contributed by atoms with E-state index in [1.165, 1.54) is 19.2 Å². The van der Waals surface area contributed by atoms with Crippen LogP contribution in [-0.2, 0) is 12.8 Å². The SMILES string of the molecule is C/N=C\c1c(OC)ncc2c1O[C@@]1(O)Cc3cc(O)c(O)cc3C1C2. The molecule has 130 valence electrons. The highest BCUT2D eigenvalue weighted by Gasteiger charge is 2.51. The number of ether oxygens (including phenoxy) is 2. The Morgan fingerprint density at radius 2 is 2.08 bits per heavy atom. The quantitative estimate of drug-likeness (QED) is 0.564. The Hall–Kier alpha value is -2.80. The molecule has 0 saturated carbocycles. The topological polar surface area (TPSA) is 104 Å². The van der Waals surface area contributed by atoms with Gasteiger partial charge in [-0.15, -0.1) is 0 Å². The van der Waals surface area contributed by atoms with Crippen LogP contribution >= 0.6 is 0 Å². The number of aromatic nitrogens is 1. The van der Waals surface area contributed by atoms with Gasteiger partial charge >= 0.3 is 0 Å². The van der Waals surface area contributed by atoms with Crippen LogP contribution in [0.4, 0.5) is 0 Å². The van der Waals surface area contributed by atoms with E-state index in [4.69, 9.17) is 9.47 Å². The number of phenolic OH excluding ortho intramolecular Hbond substituents is 2. The summed E-state index contributed by atoms with van der Waals surface area (Å²) in [5.74, 6) is -1.36. The number of benzene rings is 1. The van der Waals surface area contributed by atoms with Crippen molar-refractivity contribution in [2.24, 2.45) is 4.99 Å². The molecule has 2 atom stereocenters. The summed E-state index contributed by atoms with van der Waals surface area (Å²) in [6.07, 6.45) is 3.96. The third-order valence-corrected chi connectivity index (χ3v) is 4.86. The van der Waals surface area contributed by atoms with Gasteiger partial charge in [0.1, 0.15) is 5.75 Å². The number of nitrogens with zero attached hydrogens (tertiary/aromatic N) is 2. The van der Waals surface area contributed by atoms with Gasteiger partial charge in [-0.3, -0.25) is 4.99 Å². The molecule has 0 bridgehead atoms. The average Bonchev–Trinajstić information content (AvgIpc) is 2.85. The first kappa shape index (κ1) is 15.7. The number of pyridine rings is 1. The largest absolute Gasteiger partial charge is 0.504 e. The predicted octanol–water partition coefficient (Wildman–Crippen LogP) is 1.51. The molecular weight excluding hydrogens is 324 g/mol. The second-order valence-electron chi connectivity index (χ2n) is 6.34. The molecule has 2 aromatic rings. The van der Waals surface area contributed by atoms with E-state index in [1.807, 2.05) is 0 Å². The van der Waals surface area contributed by atoms with Crippen LogP contribution in [0.5, 0.6) is 23.1 Å². The maximum atomic E-state index is 11.1. The zero-order chi connectivity index (χ0) is 17.8. The van der Waals surface area contributed by atoms with Gasteiger partial charge in [0, 0.05) is 31.4 Å². The van der Waals surface area contributed by atoms with Gasteiger partial charge in [0.15, 0.2) is 11.5 Å². The third kappa shape index (κ3) is 2.23. The molecule has 7 heteroatoms. The van der Waals surface area contributed by atoms with E-state index >= 15 is 0 Å². The standard InChI is InChI=1S/C18H18N2O5/c1-19-8-12-16-10(7-20-17(12)24-2)3-13-11-5-15(22)14(21)4-9(11)6-18(13,23)25-16/h4-5,7-8,13,21-23H,3,6H2,1-2H3/b19-8-/t13?,18-/m0/s1. The van der Waals surface area contributed by atoms with Crippen molar-refractivity contribution >= 4 is 6.21 Å². The van der Waals surface area contributed by atoms with Gasteiger partial charge in [0.2, 0.25) is 11.7 Å². The minimum absolute atomic E-state index is 0.208. The first-order chi connectivity index (χ1) is 12.0. The van der Waals surface area contributed by atoms with Gasteiger partial charge in [-0.05, 0) is 29.7 Å². The number of fused-ring (bicyclic) bond motifs is 4. The molecule has 1 aliphatic carbocycles. The van der Waals surface area contributed by atoms with Crippen molar-refractivity contribution in [3.8, 4) is 23.1 Å². The van der Waals surface area contributed by atoms with Crippen molar-refractivity contribution in [1.29, 1.82) is 0 Å². The molecule has 4 rings (SSSR count). The smallest absolute Gasteiger partial charge is 0.225 e. The van der Waals surface area contributed by atoms with E-state index in [1.54, 1.807) is 19.5 Å². The van der Waals surface area contributed by atoms with E-state index < -0.39 is 5.79 Å². The summed E-state index contributed by atoms with van der Waals surface area (Å²) < 4.78 is 11.3. The Morgan fingerprint density at radius 3 is 2.80 bits per heavy atom. The lowest BCUT2D eigenvalue weighted by molar-refractivity contribution is -0.155. The van der Waals surface area contributed by atoms with Crippen molar-refractivity contribution in [3.63, 3.8) is 0 Å². The minimum Gasteiger partial charge on any atom is -0.504 e. The lowest BCUT2D eigenvalue weighted by Crippen LogP contribution is -2.44. The number of methoxy groups -OCH3 is 1. The summed E-state index contributed by atoms with van der Waals surface area (Å²) in [5.41, 5.74) is 2.92. The highest BCUT2D eigenvalue weighted by Crippen LogP contribution is 2.51. The number of hydrogen-bond donors (Lipinski definition) is 3. The zero-order valence-electron chi connectivity index (χ0n) is 13.9. The van der Waals surface area contributed by atoms with Gasteiger partial charge in [-0.25, -0.2) is 4.98 Å². The maximum absolute atomic E-state index is 11.1. The molecule has 1 unspecified atom stereocenters. The second kappa shape index (κ2) is 5.35. The number of aromatic hydroxyl groups is 2. The number of aliphatic imine (C=N–C) groups is 1. The molecule has 0 fully saturated rings. The molecule has 0 spiro atoms. The molecule has 1 aromatic carbocycles. The highest BCUT2D eigenvalue weighted by atomic mass is 16.6. The lowest BCUT2D eigenvalue weighted by Gasteiger charge is -2.37. The summed E-state index contributed by atoms with van der Waals surface area (Å²) in [5, 5.41) is 30.7. The normalized spacial score (nSPS) is 23.7. The molecular formula is C18H18N2O5. The van der Waals surface area contributed by atoms with Crippen LogP contribution in [0.25, 0.3) is 0 Å². The van der Waals surface area contributed by atoms with E-state index in [0.717, 1.165) is 16.7 Å². The molecule has 2 heterocycles. The number of rotatable bonds is 2. The third-order valence-electron chi connectivity index (χ3n) is 4.86. The summed E-state index contributed by atoms with van der Waals surface area (Å²) in [4.78, 5) is 8.31. The summed E-state index contributed by atoms with van der Waals surface area (Å²) in [7, 11) is 3.15. The molecule has 0 saturated heterocycles. The van der Waals surface area contributed by atoms with Crippen molar-refractivity contribution in [1.82, 2.24) is 4.98 Å². The Bertz CT molecular complexity index is 896. The fourth-order valence-electron chi connectivity index (χ4n) is 3.73. The monoisotopic (exact) mass is 342 g/mol. The number of aliphatic hydroxyl groups is 1. The molecule has 1 aliphatic heterocycles. The summed E-state index contributed by atoms with van der Waals surface area (Å²) in [6, 6.07) is 2.97. The summed E-state index contributed by atoms with van der Waals surface area (Å²) in [6.45, 7) is 0. The highest BCUT2D eigenvalue weighted by molar-refractivity contribution is 5.87. The molecule has 3 N–H and O–H groups in total. The molecule has 7 nitrogen and oxygen atoms in total. The van der Waals surface area contributed by atoms with Gasteiger partial charge in [-0.1, -0.05) is 0 Å². The Labute approximate surface area is 144 Å². The van der Waals surface area contributed by atoms with Crippen LogP contribution in [0, 0.1) is 0 Å². The van der Waals surface area contributed by atoms with Crippen molar-refractivity contribution in [2.75, 3.05) is 14.2 Å². The predicted molar refractivity (Wildman–Crippen MR) is 89.8 cm³/mol. The average molecular weight is 342 g/mol. The van der Waals surface area contributed by atoms with Crippen LogP contribution in [0.1, 0.15) is 28.2 Å². The van der Waals surface area contributed by atoms with Crippen LogP contribution in [0.3, 0.4) is 0 Å². The van der Waals surface area contributed by atoms with Crippen LogP contribution in [0.2, 0.25) is 0 Å². The van der Waals surface area contributed by atoms with Crippen molar-refractivity contribution in [2.45, 2.75) is 24.5 Å². The van der Waals surface area contributed by atoms with Crippen LogP contribution in [-0.4, -0.2) is 46.5 Å². The minimum atomic E-state index is -1.46. The van der Waals surface area contributed by atoms with E-state index in [2.05, 4.69) is 9.98 Å². The van der Waals surface area contributed by atoms with E-state index in [9.17, 15) is 15.3 Å².